The minimum absolute atomic E-state index is 0.114. The van der Waals surface area contributed by atoms with Crippen molar-refractivity contribution >= 4 is 0 Å². The monoisotopic (exact) mass is 277 g/mol. The molecule has 2 aromatic heterocycles. The molecule has 2 heterocycles. The number of aliphatic hydroxyl groups is 1. The topological polar surface area (TPSA) is 54.4 Å². The normalized spacial score (nSPS) is 11.5. The molecule has 5 heteroatoms. The smallest absolute Gasteiger partial charge is 0.118 e. The Labute approximate surface area is 119 Å². The van der Waals surface area contributed by atoms with Gasteiger partial charge in [0.25, 0.3) is 0 Å². The molecule has 0 fully saturated rings. The zero-order chi connectivity index (χ0) is 14.7. The Hall–Kier alpha value is -1.59. The second kappa shape index (κ2) is 6.24. The first-order chi connectivity index (χ1) is 9.51. The number of hydrogen-bond acceptors (Lipinski definition) is 4. The number of aromatic nitrogens is 2. The van der Waals surface area contributed by atoms with Crippen molar-refractivity contribution in [2.75, 3.05) is 13.7 Å². The lowest BCUT2D eigenvalue weighted by Crippen LogP contribution is -2.18. The van der Waals surface area contributed by atoms with Crippen molar-refractivity contribution in [1.29, 1.82) is 0 Å². The van der Waals surface area contributed by atoms with Gasteiger partial charge in [-0.3, -0.25) is 9.58 Å². The van der Waals surface area contributed by atoms with Crippen LogP contribution >= 0.6 is 0 Å². The molecule has 0 aliphatic carbocycles. The van der Waals surface area contributed by atoms with Crippen LogP contribution in [0.3, 0.4) is 0 Å². The maximum atomic E-state index is 9.04. The van der Waals surface area contributed by atoms with E-state index in [-0.39, 0.29) is 6.61 Å². The van der Waals surface area contributed by atoms with Gasteiger partial charge in [0.05, 0.1) is 25.4 Å². The summed E-state index contributed by atoms with van der Waals surface area (Å²) in [6, 6.07) is 4.00. The summed E-state index contributed by atoms with van der Waals surface area (Å²) in [6.07, 6.45) is 0. The van der Waals surface area contributed by atoms with Crippen LogP contribution in [0.25, 0.3) is 0 Å². The summed E-state index contributed by atoms with van der Waals surface area (Å²) in [5.41, 5.74) is 3.38. The van der Waals surface area contributed by atoms with Crippen LogP contribution in [0.15, 0.2) is 16.5 Å². The third-order valence-corrected chi connectivity index (χ3v) is 3.49. The van der Waals surface area contributed by atoms with Gasteiger partial charge in [-0.2, -0.15) is 5.10 Å². The fourth-order valence-electron chi connectivity index (χ4n) is 2.44. The Morgan fingerprint density at radius 3 is 2.60 bits per heavy atom. The van der Waals surface area contributed by atoms with Crippen LogP contribution in [0.4, 0.5) is 0 Å². The maximum Gasteiger partial charge on any atom is 0.118 e. The highest BCUT2D eigenvalue weighted by Gasteiger charge is 2.14. The highest BCUT2D eigenvalue weighted by molar-refractivity contribution is 5.24. The lowest BCUT2D eigenvalue weighted by Gasteiger charge is -2.15. The summed E-state index contributed by atoms with van der Waals surface area (Å²) < 4.78 is 7.47. The van der Waals surface area contributed by atoms with Gasteiger partial charge in [0.15, 0.2) is 0 Å². The molecule has 110 valence electrons. The third-order valence-electron chi connectivity index (χ3n) is 3.49. The molecule has 0 bridgehead atoms. The van der Waals surface area contributed by atoms with E-state index in [0.29, 0.717) is 6.54 Å². The highest BCUT2D eigenvalue weighted by atomic mass is 16.3. The summed E-state index contributed by atoms with van der Waals surface area (Å²) in [5.74, 6) is 1.92. The van der Waals surface area contributed by atoms with Crippen LogP contribution < -0.4 is 0 Å². The van der Waals surface area contributed by atoms with Crippen molar-refractivity contribution in [3.63, 3.8) is 0 Å². The van der Waals surface area contributed by atoms with Crippen molar-refractivity contribution in [1.82, 2.24) is 14.7 Å². The molecule has 2 rings (SSSR count). The minimum atomic E-state index is 0.114. The van der Waals surface area contributed by atoms with E-state index in [9.17, 15) is 0 Å². The van der Waals surface area contributed by atoms with Crippen LogP contribution in [-0.2, 0) is 19.6 Å². The first-order valence-corrected chi connectivity index (χ1v) is 6.89. The quantitative estimate of drug-likeness (QED) is 0.877. The van der Waals surface area contributed by atoms with Crippen molar-refractivity contribution in [3.05, 3.63) is 40.6 Å². The van der Waals surface area contributed by atoms with Crippen LogP contribution in [0.2, 0.25) is 0 Å². The fourth-order valence-corrected chi connectivity index (χ4v) is 2.44. The van der Waals surface area contributed by atoms with Crippen molar-refractivity contribution in [2.45, 2.75) is 40.4 Å². The molecule has 0 radical (unpaired) electrons. The van der Waals surface area contributed by atoms with Crippen LogP contribution in [0.1, 0.15) is 28.5 Å². The summed E-state index contributed by atoms with van der Waals surface area (Å²) in [7, 11) is 2.07. The first kappa shape index (κ1) is 14.8. The summed E-state index contributed by atoms with van der Waals surface area (Å²) in [6.45, 7) is 8.28. The van der Waals surface area contributed by atoms with Gasteiger partial charge in [-0.15, -0.1) is 0 Å². The molecule has 0 saturated heterocycles. The van der Waals surface area contributed by atoms with Gasteiger partial charge in [-0.1, -0.05) is 0 Å². The summed E-state index contributed by atoms with van der Waals surface area (Å²) in [4.78, 5) is 2.21. The van der Waals surface area contributed by atoms with Gasteiger partial charge in [-0.05, 0) is 40.0 Å². The molecular weight excluding hydrogens is 254 g/mol. The molecule has 0 atom stereocenters. The number of nitrogens with zero attached hydrogens (tertiary/aromatic N) is 3. The second-order valence-electron chi connectivity index (χ2n) is 5.28. The Morgan fingerprint density at radius 2 is 2.00 bits per heavy atom. The molecule has 5 nitrogen and oxygen atoms in total. The van der Waals surface area contributed by atoms with E-state index in [1.54, 1.807) is 0 Å². The fraction of sp³-hybridized carbons (Fsp3) is 0.533. The van der Waals surface area contributed by atoms with Gasteiger partial charge < -0.3 is 9.52 Å². The lowest BCUT2D eigenvalue weighted by molar-refractivity contribution is 0.267. The van der Waals surface area contributed by atoms with E-state index >= 15 is 0 Å². The predicted octanol–water partition coefficient (Wildman–Crippen LogP) is 2.03. The number of aliphatic hydroxyl groups excluding tert-OH is 1. The van der Waals surface area contributed by atoms with Crippen molar-refractivity contribution in [2.24, 2.45) is 0 Å². The SMILES string of the molecule is Cc1ccc(CN(C)Cc2c(C)nn(CCO)c2C)o1. The Bertz CT molecular complexity index is 572. The molecule has 0 unspecified atom stereocenters. The standard InChI is InChI=1S/C15H23N3O2/c1-11-5-6-14(20-11)9-17(4)10-15-12(2)16-18(7-8-19)13(15)3/h5-6,19H,7-10H2,1-4H3. The third kappa shape index (κ3) is 3.29. The molecule has 0 spiro atoms. The van der Waals surface area contributed by atoms with Gasteiger partial charge in [0.2, 0.25) is 0 Å². The van der Waals surface area contributed by atoms with Crippen molar-refractivity contribution in [3.8, 4) is 0 Å². The van der Waals surface area contributed by atoms with Crippen LogP contribution in [0, 0.1) is 20.8 Å². The van der Waals surface area contributed by atoms with Crippen molar-refractivity contribution < 1.29 is 9.52 Å². The summed E-state index contributed by atoms with van der Waals surface area (Å²) >= 11 is 0. The number of furan rings is 1. The van der Waals surface area contributed by atoms with E-state index in [1.165, 1.54) is 5.56 Å². The van der Waals surface area contributed by atoms with E-state index in [2.05, 4.69) is 24.0 Å². The molecule has 0 aliphatic heterocycles. The second-order valence-corrected chi connectivity index (χ2v) is 5.28. The molecule has 0 amide bonds. The van der Waals surface area contributed by atoms with Crippen LogP contribution in [0.5, 0.6) is 0 Å². The summed E-state index contributed by atoms with van der Waals surface area (Å²) in [5, 5.41) is 13.5. The predicted molar refractivity (Wildman–Crippen MR) is 77.4 cm³/mol. The Morgan fingerprint density at radius 1 is 1.25 bits per heavy atom. The van der Waals surface area contributed by atoms with E-state index < -0.39 is 0 Å². The molecule has 0 aromatic carbocycles. The van der Waals surface area contributed by atoms with Gasteiger partial charge in [-0.25, -0.2) is 0 Å². The highest BCUT2D eigenvalue weighted by Crippen LogP contribution is 2.17. The van der Waals surface area contributed by atoms with Gasteiger partial charge in [0, 0.05) is 17.8 Å². The van der Waals surface area contributed by atoms with E-state index in [1.807, 2.05) is 30.7 Å². The van der Waals surface area contributed by atoms with E-state index in [4.69, 9.17) is 9.52 Å². The molecule has 0 saturated carbocycles. The molecule has 1 N–H and O–H groups in total. The average molecular weight is 277 g/mol. The largest absolute Gasteiger partial charge is 0.465 e. The number of hydrogen-bond donors (Lipinski definition) is 1. The van der Waals surface area contributed by atoms with E-state index in [0.717, 1.165) is 36.0 Å². The van der Waals surface area contributed by atoms with Gasteiger partial charge >= 0.3 is 0 Å². The lowest BCUT2D eigenvalue weighted by atomic mass is 10.2. The molecular formula is C15H23N3O2. The molecule has 20 heavy (non-hydrogen) atoms. The average Bonchev–Trinajstić information content (AvgIpc) is 2.89. The number of rotatable bonds is 6. The Balaban J connectivity index is 2.05. The zero-order valence-corrected chi connectivity index (χ0v) is 12.7. The maximum absolute atomic E-state index is 9.04. The minimum Gasteiger partial charge on any atom is -0.465 e. The molecule has 2 aromatic rings. The van der Waals surface area contributed by atoms with Gasteiger partial charge in [0.1, 0.15) is 11.5 Å². The zero-order valence-electron chi connectivity index (χ0n) is 12.7. The first-order valence-electron chi connectivity index (χ1n) is 6.89. The molecule has 0 aliphatic rings. The van der Waals surface area contributed by atoms with Crippen LogP contribution in [-0.4, -0.2) is 33.4 Å². The number of aryl methyl sites for hydroxylation is 2. The Kier molecular flexibility index (Phi) is 4.62.